The summed E-state index contributed by atoms with van der Waals surface area (Å²) >= 11 is 0. The van der Waals surface area contributed by atoms with Crippen molar-refractivity contribution in [2.24, 2.45) is 0 Å². The molecule has 0 unspecified atom stereocenters. The molecule has 0 aliphatic heterocycles. The molecule has 0 aliphatic carbocycles. The molecule has 2 rings (SSSR count). The third-order valence-corrected chi connectivity index (χ3v) is 2.53. The summed E-state index contributed by atoms with van der Waals surface area (Å²) in [6, 6.07) is 13.6. The molecule has 0 aromatic heterocycles. The van der Waals surface area contributed by atoms with E-state index in [1.165, 1.54) is 6.08 Å². The highest BCUT2D eigenvalue weighted by atomic mass is 16.4. The average Bonchev–Trinajstić information content (AvgIpc) is 2.39. The van der Waals surface area contributed by atoms with Crippen LogP contribution in [0.5, 0.6) is 0 Å². The van der Waals surface area contributed by atoms with Crippen LogP contribution in [0, 0.1) is 0 Å². The summed E-state index contributed by atoms with van der Waals surface area (Å²) in [6.45, 7) is 0. The van der Waals surface area contributed by atoms with Crippen LogP contribution in [0.3, 0.4) is 0 Å². The van der Waals surface area contributed by atoms with Crippen molar-refractivity contribution in [2.75, 3.05) is 0 Å². The SMILES string of the molecule is [N-]=[N+]=C(C=Cc1ccc2ccccc2c1)C(=O)O. The average molecular weight is 238 g/mol. The Balaban J connectivity index is 2.35. The highest BCUT2D eigenvalue weighted by Gasteiger charge is 2.13. The molecule has 4 nitrogen and oxygen atoms in total. The number of carbonyl (C=O) groups is 1. The van der Waals surface area contributed by atoms with E-state index >= 15 is 0 Å². The van der Waals surface area contributed by atoms with Crippen molar-refractivity contribution in [3.05, 3.63) is 59.6 Å². The number of hydrogen-bond donors (Lipinski definition) is 1. The largest absolute Gasteiger partial charge is 0.472 e. The van der Waals surface area contributed by atoms with Gasteiger partial charge in [0.2, 0.25) is 0 Å². The molecule has 18 heavy (non-hydrogen) atoms. The van der Waals surface area contributed by atoms with Crippen LogP contribution in [-0.4, -0.2) is 21.6 Å². The number of nitrogens with zero attached hydrogens (tertiary/aromatic N) is 2. The quantitative estimate of drug-likeness (QED) is 0.507. The number of carboxylic acids is 1. The second-order valence-corrected chi connectivity index (χ2v) is 3.73. The Labute approximate surface area is 103 Å². The fraction of sp³-hybridized carbons (Fsp3) is 0. The van der Waals surface area contributed by atoms with Gasteiger partial charge in [-0.05, 0) is 28.5 Å². The highest BCUT2D eigenvalue weighted by molar-refractivity contribution is 6.38. The van der Waals surface area contributed by atoms with Gasteiger partial charge < -0.3 is 10.6 Å². The molecule has 0 saturated carbocycles. The number of rotatable bonds is 3. The number of hydrogen-bond acceptors (Lipinski definition) is 1. The molecule has 4 heteroatoms. The van der Waals surface area contributed by atoms with E-state index in [1.807, 2.05) is 42.5 Å². The van der Waals surface area contributed by atoms with Gasteiger partial charge in [0.05, 0.1) is 0 Å². The topological polar surface area (TPSA) is 73.7 Å². The second-order valence-electron chi connectivity index (χ2n) is 3.73. The molecule has 0 saturated heterocycles. The minimum Gasteiger partial charge on any atom is -0.472 e. The smallest absolute Gasteiger partial charge is 0.419 e. The van der Waals surface area contributed by atoms with Crippen LogP contribution in [0.15, 0.2) is 48.5 Å². The van der Waals surface area contributed by atoms with E-state index < -0.39 is 11.7 Å². The molecule has 0 bridgehead atoms. The lowest BCUT2D eigenvalue weighted by Gasteiger charge is -1.98. The lowest BCUT2D eigenvalue weighted by molar-refractivity contribution is -0.133. The normalized spacial score (nSPS) is 10.4. The van der Waals surface area contributed by atoms with E-state index in [4.69, 9.17) is 10.6 Å². The molecule has 0 heterocycles. The fourth-order valence-corrected chi connectivity index (χ4v) is 1.63. The van der Waals surface area contributed by atoms with E-state index in [-0.39, 0.29) is 0 Å². The van der Waals surface area contributed by atoms with Crippen LogP contribution in [-0.2, 0) is 4.79 Å². The summed E-state index contributed by atoms with van der Waals surface area (Å²) in [5.41, 5.74) is 8.95. The van der Waals surface area contributed by atoms with Gasteiger partial charge in [0, 0.05) is 6.08 Å². The van der Waals surface area contributed by atoms with Gasteiger partial charge in [0.1, 0.15) is 0 Å². The lowest BCUT2D eigenvalue weighted by atomic mass is 10.1. The van der Waals surface area contributed by atoms with Crippen LogP contribution >= 0.6 is 0 Å². The van der Waals surface area contributed by atoms with E-state index in [0.29, 0.717) is 0 Å². The van der Waals surface area contributed by atoms with E-state index in [1.54, 1.807) is 6.08 Å². The molecule has 0 aliphatic rings. The van der Waals surface area contributed by atoms with Crippen LogP contribution in [0.1, 0.15) is 5.56 Å². The molecule has 0 radical (unpaired) electrons. The van der Waals surface area contributed by atoms with E-state index in [2.05, 4.69) is 4.79 Å². The molecule has 0 amide bonds. The van der Waals surface area contributed by atoms with Crippen molar-refractivity contribution in [3.8, 4) is 0 Å². The Morgan fingerprint density at radius 3 is 2.56 bits per heavy atom. The standard InChI is InChI=1S/C14H10N2O2/c15-16-13(14(17)18)8-6-10-5-7-11-3-1-2-4-12(11)9-10/h1-9H,(H,17,18). The van der Waals surface area contributed by atoms with E-state index in [0.717, 1.165) is 16.3 Å². The molecule has 0 fully saturated rings. The zero-order valence-electron chi connectivity index (χ0n) is 9.45. The number of carboxylic acid groups (broad SMARTS) is 1. The third-order valence-electron chi connectivity index (χ3n) is 2.53. The first kappa shape index (κ1) is 11.8. The summed E-state index contributed by atoms with van der Waals surface area (Å²) in [5, 5.41) is 10.9. The predicted octanol–water partition coefficient (Wildman–Crippen LogP) is 2.61. The molecular weight excluding hydrogens is 228 g/mol. The molecular formula is C14H10N2O2. The summed E-state index contributed by atoms with van der Waals surface area (Å²) < 4.78 is 0. The van der Waals surface area contributed by atoms with Gasteiger partial charge >= 0.3 is 11.7 Å². The van der Waals surface area contributed by atoms with Gasteiger partial charge in [-0.25, -0.2) is 4.79 Å². The van der Waals surface area contributed by atoms with Crippen molar-refractivity contribution < 1.29 is 14.7 Å². The first-order chi connectivity index (χ1) is 8.70. The first-order valence-corrected chi connectivity index (χ1v) is 5.33. The van der Waals surface area contributed by atoms with Crippen molar-refractivity contribution >= 4 is 28.5 Å². The molecule has 1 N–H and O–H groups in total. The Morgan fingerprint density at radius 1 is 1.17 bits per heavy atom. The molecule has 0 spiro atoms. The third kappa shape index (κ3) is 2.51. The van der Waals surface area contributed by atoms with Crippen molar-refractivity contribution in [3.63, 3.8) is 0 Å². The summed E-state index contributed by atoms with van der Waals surface area (Å²) in [7, 11) is 0. The maximum Gasteiger partial charge on any atom is 0.419 e. The van der Waals surface area contributed by atoms with Gasteiger partial charge in [-0.2, -0.15) is 4.79 Å². The summed E-state index contributed by atoms with van der Waals surface area (Å²) in [4.78, 5) is 13.3. The number of aliphatic carboxylic acids is 1. The van der Waals surface area contributed by atoms with Crippen LogP contribution in [0.25, 0.3) is 22.4 Å². The monoisotopic (exact) mass is 238 g/mol. The van der Waals surface area contributed by atoms with Gasteiger partial charge in [-0.3, -0.25) is 0 Å². The van der Waals surface area contributed by atoms with Crippen LogP contribution in [0.2, 0.25) is 0 Å². The van der Waals surface area contributed by atoms with Crippen molar-refractivity contribution in [1.29, 1.82) is 0 Å². The van der Waals surface area contributed by atoms with E-state index in [9.17, 15) is 4.79 Å². The van der Waals surface area contributed by atoms with Crippen LogP contribution in [0.4, 0.5) is 0 Å². The Hall–Kier alpha value is -2.71. The molecule has 0 atom stereocenters. The Bertz CT molecular complexity index is 683. The maximum atomic E-state index is 10.6. The summed E-state index contributed by atoms with van der Waals surface area (Å²) in [6.07, 6.45) is 2.85. The van der Waals surface area contributed by atoms with Gasteiger partial charge in [-0.15, -0.1) is 0 Å². The van der Waals surface area contributed by atoms with Gasteiger partial charge in [-0.1, -0.05) is 36.4 Å². The molecule has 2 aromatic carbocycles. The van der Waals surface area contributed by atoms with Crippen molar-refractivity contribution in [2.45, 2.75) is 0 Å². The molecule has 88 valence electrons. The number of benzene rings is 2. The number of fused-ring (bicyclic) bond motifs is 1. The summed E-state index contributed by atoms with van der Waals surface area (Å²) in [5.74, 6) is -1.27. The van der Waals surface area contributed by atoms with Crippen LogP contribution < -0.4 is 0 Å². The highest BCUT2D eigenvalue weighted by Crippen LogP contribution is 2.16. The van der Waals surface area contributed by atoms with Crippen molar-refractivity contribution in [1.82, 2.24) is 0 Å². The minimum atomic E-state index is -1.27. The Morgan fingerprint density at radius 2 is 1.89 bits per heavy atom. The minimum absolute atomic E-state index is 0.400. The first-order valence-electron chi connectivity index (χ1n) is 5.33. The maximum absolute atomic E-state index is 10.6. The molecule has 2 aromatic rings. The fourth-order valence-electron chi connectivity index (χ4n) is 1.63. The van der Waals surface area contributed by atoms with Gasteiger partial charge in [0.15, 0.2) is 0 Å². The lowest BCUT2D eigenvalue weighted by Crippen LogP contribution is -2.10. The predicted molar refractivity (Wildman–Crippen MR) is 69.2 cm³/mol. The second kappa shape index (κ2) is 5.08. The Kier molecular flexibility index (Phi) is 3.32. The van der Waals surface area contributed by atoms with Gasteiger partial charge in [0.25, 0.3) is 0 Å². The zero-order valence-corrected chi connectivity index (χ0v) is 9.45. The zero-order chi connectivity index (χ0) is 13.0.